The molecule has 0 spiro atoms. The van der Waals surface area contributed by atoms with Crippen LogP contribution in [0.4, 0.5) is 4.39 Å². The average molecular weight is 339 g/mol. The number of furan rings is 1. The van der Waals surface area contributed by atoms with Crippen molar-refractivity contribution < 1.29 is 13.5 Å². The lowest BCUT2D eigenvalue weighted by Gasteiger charge is -2.18. The normalized spacial score (nSPS) is 12.1. The highest BCUT2D eigenvalue weighted by Gasteiger charge is 2.20. The van der Waals surface area contributed by atoms with Crippen LogP contribution in [0.25, 0.3) is 0 Å². The zero-order chi connectivity index (χ0) is 17.5. The maximum atomic E-state index is 13.0. The maximum absolute atomic E-state index is 13.0. The summed E-state index contributed by atoms with van der Waals surface area (Å²) in [5.74, 6) is 1.69. The summed E-state index contributed by atoms with van der Waals surface area (Å²) in [6.45, 7) is 1.51. The molecule has 2 aromatic carbocycles. The Balaban J connectivity index is 1.66. The monoisotopic (exact) mass is 339 g/mol. The number of halogens is 1. The molecule has 0 saturated carbocycles. The molecule has 25 heavy (non-hydrogen) atoms. The molecule has 130 valence electrons. The molecule has 0 radical (unpaired) electrons. The van der Waals surface area contributed by atoms with Crippen LogP contribution in [0.15, 0.2) is 71.3 Å². The second-order valence-corrected chi connectivity index (χ2v) is 5.90. The molecule has 1 atom stereocenters. The molecule has 3 nitrogen and oxygen atoms in total. The number of para-hydroxylation sites is 1. The Bertz CT molecular complexity index is 769. The van der Waals surface area contributed by atoms with Crippen LogP contribution < -0.4 is 10.1 Å². The van der Waals surface area contributed by atoms with E-state index in [-0.39, 0.29) is 11.7 Å². The summed E-state index contributed by atoms with van der Waals surface area (Å²) in [5.41, 5.74) is 2.18. The van der Waals surface area contributed by atoms with Gasteiger partial charge in [-0.05, 0) is 48.9 Å². The summed E-state index contributed by atoms with van der Waals surface area (Å²) in [7, 11) is 1.69. The number of nitrogens with one attached hydrogen (secondary N) is 1. The first kappa shape index (κ1) is 17.2. The van der Waals surface area contributed by atoms with E-state index in [9.17, 15) is 4.39 Å². The lowest BCUT2D eigenvalue weighted by atomic mass is 9.92. The minimum absolute atomic E-state index is 0.117. The summed E-state index contributed by atoms with van der Waals surface area (Å²) < 4.78 is 24.1. The van der Waals surface area contributed by atoms with Gasteiger partial charge in [-0.1, -0.05) is 30.3 Å². The number of hydrogen-bond donors (Lipinski definition) is 1. The summed E-state index contributed by atoms with van der Waals surface area (Å²) >= 11 is 0. The smallest absolute Gasteiger partial charge is 0.123 e. The third-order valence-electron chi connectivity index (χ3n) is 4.25. The van der Waals surface area contributed by atoms with Crippen molar-refractivity contribution in [3.63, 3.8) is 0 Å². The van der Waals surface area contributed by atoms with Gasteiger partial charge in [0, 0.05) is 18.0 Å². The van der Waals surface area contributed by atoms with Crippen molar-refractivity contribution >= 4 is 0 Å². The fourth-order valence-electron chi connectivity index (χ4n) is 2.98. The molecule has 1 N–H and O–H groups in total. The molecule has 3 rings (SSSR count). The topological polar surface area (TPSA) is 34.4 Å². The van der Waals surface area contributed by atoms with Gasteiger partial charge in [0.2, 0.25) is 0 Å². The van der Waals surface area contributed by atoms with Gasteiger partial charge >= 0.3 is 0 Å². The lowest BCUT2D eigenvalue weighted by Crippen LogP contribution is -2.18. The minimum atomic E-state index is -0.210. The van der Waals surface area contributed by atoms with Gasteiger partial charge < -0.3 is 14.5 Å². The average Bonchev–Trinajstić information content (AvgIpc) is 3.18. The zero-order valence-electron chi connectivity index (χ0n) is 14.2. The van der Waals surface area contributed by atoms with E-state index >= 15 is 0 Å². The largest absolute Gasteiger partial charge is 0.496 e. The third kappa shape index (κ3) is 4.48. The fourth-order valence-corrected chi connectivity index (χ4v) is 2.98. The molecule has 0 aliphatic heterocycles. The van der Waals surface area contributed by atoms with E-state index in [0.29, 0.717) is 6.54 Å². The quantitative estimate of drug-likeness (QED) is 0.602. The SMILES string of the molecule is COc1ccccc1[C@H](CCNCc1ccc(F)cc1)c1ccco1. The summed E-state index contributed by atoms with van der Waals surface area (Å²) in [5, 5.41) is 3.42. The predicted molar refractivity (Wildman–Crippen MR) is 96.3 cm³/mol. The third-order valence-corrected chi connectivity index (χ3v) is 4.25. The minimum Gasteiger partial charge on any atom is -0.496 e. The Morgan fingerprint density at radius 3 is 2.56 bits per heavy atom. The number of rotatable bonds is 8. The molecule has 0 aliphatic rings. The molecule has 0 aliphatic carbocycles. The highest BCUT2D eigenvalue weighted by Crippen LogP contribution is 2.34. The molecule has 0 amide bonds. The van der Waals surface area contributed by atoms with Crippen LogP contribution in [0, 0.1) is 5.82 Å². The Labute approximate surface area is 147 Å². The van der Waals surface area contributed by atoms with Crippen LogP contribution in [0.2, 0.25) is 0 Å². The van der Waals surface area contributed by atoms with Crippen LogP contribution >= 0.6 is 0 Å². The van der Waals surface area contributed by atoms with Gasteiger partial charge in [0.05, 0.1) is 13.4 Å². The highest BCUT2D eigenvalue weighted by atomic mass is 19.1. The van der Waals surface area contributed by atoms with Gasteiger partial charge in [0.1, 0.15) is 17.3 Å². The lowest BCUT2D eigenvalue weighted by molar-refractivity contribution is 0.398. The number of methoxy groups -OCH3 is 1. The van der Waals surface area contributed by atoms with Crippen LogP contribution in [0.5, 0.6) is 5.75 Å². The van der Waals surface area contributed by atoms with Gasteiger partial charge in [0.15, 0.2) is 0 Å². The van der Waals surface area contributed by atoms with Crippen molar-refractivity contribution in [2.45, 2.75) is 18.9 Å². The summed E-state index contributed by atoms with van der Waals surface area (Å²) in [6, 6.07) is 18.5. The van der Waals surface area contributed by atoms with Crippen molar-refractivity contribution in [1.29, 1.82) is 0 Å². The molecule has 4 heteroatoms. The van der Waals surface area contributed by atoms with E-state index in [1.54, 1.807) is 25.5 Å². The van der Waals surface area contributed by atoms with E-state index in [1.165, 1.54) is 12.1 Å². The Hall–Kier alpha value is -2.59. The van der Waals surface area contributed by atoms with Crippen molar-refractivity contribution in [2.75, 3.05) is 13.7 Å². The van der Waals surface area contributed by atoms with E-state index in [4.69, 9.17) is 9.15 Å². The molecule has 0 unspecified atom stereocenters. The van der Waals surface area contributed by atoms with Crippen molar-refractivity contribution in [3.8, 4) is 5.75 Å². The Morgan fingerprint density at radius 1 is 1.04 bits per heavy atom. The highest BCUT2D eigenvalue weighted by molar-refractivity contribution is 5.39. The van der Waals surface area contributed by atoms with Crippen LogP contribution in [-0.2, 0) is 6.54 Å². The number of hydrogen-bond acceptors (Lipinski definition) is 3. The van der Waals surface area contributed by atoms with E-state index in [1.807, 2.05) is 30.3 Å². The second kappa shape index (κ2) is 8.49. The first-order chi connectivity index (χ1) is 12.3. The molecule has 1 aromatic heterocycles. The number of benzene rings is 2. The van der Waals surface area contributed by atoms with E-state index in [2.05, 4.69) is 11.4 Å². The first-order valence-corrected chi connectivity index (χ1v) is 8.39. The summed E-state index contributed by atoms with van der Waals surface area (Å²) in [6.07, 6.45) is 2.57. The Morgan fingerprint density at radius 2 is 1.84 bits per heavy atom. The van der Waals surface area contributed by atoms with Crippen molar-refractivity contribution in [2.24, 2.45) is 0 Å². The van der Waals surface area contributed by atoms with Gasteiger partial charge in [-0.25, -0.2) is 4.39 Å². The zero-order valence-corrected chi connectivity index (χ0v) is 14.2. The van der Waals surface area contributed by atoms with Crippen LogP contribution in [-0.4, -0.2) is 13.7 Å². The fraction of sp³-hybridized carbons (Fsp3) is 0.238. The Kier molecular flexibility index (Phi) is 5.86. The first-order valence-electron chi connectivity index (χ1n) is 8.39. The van der Waals surface area contributed by atoms with Crippen LogP contribution in [0.3, 0.4) is 0 Å². The predicted octanol–water partition coefficient (Wildman–Crippen LogP) is 4.74. The van der Waals surface area contributed by atoms with Gasteiger partial charge in [-0.3, -0.25) is 0 Å². The maximum Gasteiger partial charge on any atom is 0.123 e. The van der Waals surface area contributed by atoms with Gasteiger partial charge in [-0.2, -0.15) is 0 Å². The molecule has 0 saturated heterocycles. The van der Waals surface area contributed by atoms with Crippen LogP contribution in [0.1, 0.15) is 29.2 Å². The molecule has 0 fully saturated rings. The summed E-state index contributed by atoms with van der Waals surface area (Å²) in [4.78, 5) is 0. The van der Waals surface area contributed by atoms with Crippen molar-refractivity contribution in [3.05, 3.63) is 89.6 Å². The molecular weight excluding hydrogens is 317 g/mol. The second-order valence-electron chi connectivity index (χ2n) is 5.90. The van der Waals surface area contributed by atoms with Crippen molar-refractivity contribution in [1.82, 2.24) is 5.32 Å². The van der Waals surface area contributed by atoms with E-state index in [0.717, 1.165) is 35.6 Å². The standard InChI is InChI=1S/C21H22FNO2/c1-24-20-6-3-2-5-18(20)19(21-7-4-14-25-21)12-13-23-15-16-8-10-17(22)11-9-16/h2-11,14,19,23H,12-13,15H2,1H3/t19-/m0/s1. The van der Waals surface area contributed by atoms with Gasteiger partial charge in [0.25, 0.3) is 0 Å². The molecule has 1 heterocycles. The molecular formula is C21H22FNO2. The number of ether oxygens (including phenoxy) is 1. The molecule has 3 aromatic rings. The van der Waals surface area contributed by atoms with E-state index < -0.39 is 0 Å². The molecule has 0 bridgehead atoms. The van der Waals surface area contributed by atoms with Gasteiger partial charge in [-0.15, -0.1) is 0 Å².